The Morgan fingerprint density at radius 1 is 1.04 bits per heavy atom. The molecule has 1 amide bonds. The van der Waals surface area contributed by atoms with E-state index in [9.17, 15) is 9.59 Å². The second kappa shape index (κ2) is 8.64. The number of rotatable bonds is 6. The largest absolute Gasteiger partial charge is 0.462 e. The molecule has 1 aromatic heterocycles. The molecular formula is C20H19N3O3S. The number of nitrogens with zero attached hydrogens (tertiary/aromatic N) is 2. The number of hydrogen-bond donors (Lipinski definition) is 1. The third-order valence-electron chi connectivity index (χ3n) is 3.72. The average Bonchev–Trinajstić information content (AvgIpc) is 2.67. The van der Waals surface area contributed by atoms with Crippen LogP contribution in [0.2, 0.25) is 0 Å². The SMILES string of the molecule is CCOC(=O)c1ccc(NC(=O)CSc2nc3ccccc3nc2C)cc1. The zero-order valence-corrected chi connectivity index (χ0v) is 15.9. The van der Waals surface area contributed by atoms with Gasteiger partial charge in [0.2, 0.25) is 5.91 Å². The van der Waals surface area contributed by atoms with E-state index in [2.05, 4.69) is 15.3 Å². The molecule has 3 aromatic rings. The maximum absolute atomic E-state index is 12.2. The van der Waals surface area contributed by atoms with E-state index in [0.717, 1.165) is 21.8 Å². The molecule has 0 aliphatic heterocycles. The number of aromatic nitrogens is 2. The van der Waals surface area contributed by atoms with E-state index in [4.69, 9.17) is 4.74 Å². The van der Waals surface area contributed by atoms with E-state index in [0.29, 0.717) is 17.9 Å². The number of carbonyl (C=O) groups excluding carboxylic acids is 2. The van der Waals surface area contributed by atoms with Gasteiger partial charge in [-0.1, -0.05) is 23.9 Å². The van der Waals surface area contributed by atoms with Gasteiger partial charge < -0.3 is 10.1 Å². The fourth-order valence-electron chi connectivity index (χ4n) is 2.44. The highest BCUT2D eigenvalue weighted by atomic mass is 32.2. The minimum atomic E-state index is -0.378. The Morgan fingerprint density at radius 3 is 2.37 bits per heavy atom. The van der Waals surface area contributed by atoms with Crippen molar-refractivity contribution in [2.24, 2.45) is 0 Å². The van der Waals surface area contributed by atoms with Crippen molar-refractivity contribution in [2.45, 2.75) is 18.9 Å². The summed E-state index contributed by atoms with van der Waals surface area (Å²) < 4.78 is 4.94. The Balaban J connectivity index is 1.60. The molecule has 0 aliphatic rings. The van der Waals surface area contributed by atoms with Crippen LogP contribution in [0.1, 0.15) is 23.0 Å². The molecule has 0 radical (unpaired) electrons. The molecule has 1 heterocycles. The van der Waals surface area contributed by atoms with Gasteiger partial charge >= 0.3 is 5.97 Å². The van der Waals surface area contributed by atoms with Gasteiger partial charge in [-0.15, -0.1) is 0 Å². The van der Waals surface area contributed by atoms with E-state index in [1.165, 1.54) is 11.8 Å². The number of hydrogen-bond acceptors (Lipinski definition) is 6. The van der Waals surface area contributed by atoms with Crippen molar-refractivity contribution in [1.29, 1.82) is 0 Å². The molecule has 3 rings (SSSR count). The summed E-state index contributed by atoms with van der Waals surface area (Å²) in [4.78, 5) is 32.9. The zero-order valence-electron chi connectivity index (χ0n) is 15.1. The molecule has 0 aliphatic carbocycles. The Hall–Kier alpha value is -2.93. The van der Waals surface area contributed by atoms with E-state index < -0.39 is 0 Å². The number of benzene rings is 2. The highest BCUT2D eigenvalue weighted by Crippen LogP contribution is 2.22. The number of thioether (sulfide) groups is 1. The summed E-state index contributed by atoms with van der Waals surface area (Å²) in [6, 6.07) is 14.2. The lowest BCUT2D eigenvalue weighted by atomic mass is 10.2. The van der Waals surface area contributed by atoms with E-state index in [1.807, 2.05) is 31.2 Å². The summed E-state index contributed by atoms with van der Waals surface area (Å²) in [6.45, 7) is 3.96. The third kappa shape index (κ3) is 4.83. The van der Waals surface area contributed by atoms with Crippen LogP contribution in [0, 0.1) is 6.92 Å². The predicted octanol–water partition coefficient (Wildman–Crippen LogP) is 3.85. The molecule has 0 unspecified atom stereocenters. The number of amides is 1. The molecule has 0 fully saturated rings. The quantitative estimate of drug-likeness (QED) is 0.516. The van der Waals surface area contributed by atoms with E-state index in [1.54, 1.807) is 31.2 Å². The van der Waals surface area contributed by atoms with Crippen LogP contribution in [0.25, 0.3) is 11.0 Å². The molecule has 6 nitrogen and oxygen atoms in total. The van der Waals surface area contributed by atoms with Gasteiger partial charge in [0.1, 0.15) is 5.03 Å². The Bertz CT molecular complexity index is 974. The van der Waals surface area contributed by atoms with Gasteiger partial charge in [0.05, 0.1) is 34.7 Å². The van der Waals surface area contributed by atoms with Crippen molar-refractivity contribution < 1.29 is 14.3 Å². The molecule has 0 saturated heterocycles. The number of esters is 1. The summed E-state index contributed by atoms with van der Waals surface area (Å²) in [5, 5.41) is 3.54. The maximum Gasteiger partial charge on any atom is 0.338 e. The number of para-hydroxylation sites is 2. The fraction of sp³-hybridized carbons (Fsp3) is 0.200. The Labute approximate surface area is 161 Å². The van der Waals surface area contributed by atoms with E-state index in [-0.39, 0.29) is 17.6 Å². The van der Waals surface area contributed by atoms with Gasteiger partial charge in [-0.3, -0.25) is 4.79 Å². The number of ether oxygens (including phenoxy) is 1. The first-order valence-corrected chi connectivity index (χ1v) is 9.48. The Morgan fingerprint density at radius 2 is 1.70 bits per heavy atom. The molecule has 7 heteroatoms. The third-order valence-corrected chi connectivity index (χ3v) is 4.79. The number of anilines is 1. The van der Waals surface area contributed by atoms with Crippen LogP contribution < -0.4 is 5.32 Å². The van der Waals surface area contributed by atoms with Crippen LogP contribution in [-0.4, -0.2) is 34.2 Å². The molecule has 27 heavy (non-hydrogen) atoms. The lowest BCUT2D eigenvalue weighted by Gasteiger charge is -2.08. The van der Waals surface area contributed by atoms with Gasteiger partial charge in [0.25, 0.3) is 0 Å². The van der Waals surface area contributed by atoms with Gasteiger partial charge in [-0.2, -0.15) is 0 Å². The normalized spacial score (nSPS) is 10.6. The minimum Gasteiger partial charge on any atom is -0.462 e. The molecule has 0 bridgehead atoms. The Kier molecular flexibility index (Phi) is 6.03. The van der Waals surface area contributed by atoms with Crippen molar-refractivity contribution >= 4 is 40.4 Å². The van der Waals surface area contributed by atoms with Gasteiger partial charge in [-0.25, -0.2) is 14.8 Å². The monoisotopic (exact) mass is 381 g/mol. The maximum atomic E-state index is 12.2. The molecular weight excluding hydrogens is 362 g/mol. The van der Waals surface area contributed by atoms with Crippen LogP contribution in [0.4, 0.5) is 5.69 Å². The topological polar surface area (TPSA) is 81.2 Å². The van der Waals surface area contributed by atoms with Crippen LogP contribution >= 0.6 is 11.8 Å². The molecule has 0 atom stereocenters. The summed E-state index contributed by atoms with van der Waals surface area (Å²) in [5.41, 5.74) is 3.51. The molecule has 0 spiro atoms. The predicted molar refractivity (Wildman–Crippen MR) is 106 cm³/mol. The van der Waals surface area contributed by atoms with Gasteiger partial charge in [0, 0.05) is 5.69 Å². The minimum absolute atomic E-state index is 0.154. The van der Waals surface area contributed by atoms with Crippen LogP contribution in [0.5, 0.6) is 0 Å². The van der Waals surface area contributed by atoms with Crippen molar-refractivity contribution in [2.75, 3.05) is 17.7 Å². The molecule has 138 valence electrons. The first-order valence-electron chi connectivity index (χ1n) is 8.50. The van der Waals surface area contributed by atoms with Crippen molar-refractivity contribution in [1.82, 2.24) is 9.97 Å². The average molecular weight is 381 g/mol. The lowest BCUT2D eigenvalue weighted by molar-refractivity contribution is -0.113. The summed E-state index contributed by atoms with van der Waals surface area (Å²) in [7, 11) is 0. The summed E-state index contributed by atoms with van der Waals surface area (Å²) in [5.74, 6) is -0.317. The summed E-state index contributed by atoms with van der Waals surface area (Å²) in [6.07, 6.45) is 0. The van der Waals surface area contributed by atoms with Crippen LogP contribution in [0.3, 0.4) is 0 Å². The molecule has 1 N–H and O–H groups in total. The second-order valence-corrected chi connectivity index (χ2v) is 6.70. The first kappa shape index (κ1) is 18.8. The number of nitrogens with one attached hydrogen (secondary N) is 1. The number of aryl methyl sites for hydroxylation is 1. The van der Waals surface area contributed by atoms with Crippen molar-refractivity contribution in [3.8, 4) is 0 Å². The molecule has 2 aromatic carbocycles. The van der Waals surface area contributed by atoms with Crippen molar-refractivity contribution in [3.63, 3.8) is 0 Å². The van der Waals surface area contributed by atoms with Crippen molar-refractivity contribution in [3.05, 3.63) is 59.8 Å². The van der Waals surface area contributed by atoms with E-state index >= 15 is 0 Å². The number of fused-ring (bicyclic) bond motifs is 1. The standard InChI is InChI=1S/C20H19N3O3S/c1-3-26-20(25)14-8-10-15(11-9-14)22-18(24)12-27-19-13(2)21-16-6-4-5-7-17(16)23-19/h4-11H,3,12H2,1-2H3,(H,22,24). The van der Waals surface area contributed by atoms with Gasteiger partial charge in [-0.05, 0) is 50.2 Å². The van der Waals surface area contributed by atoms with Crippen LogP contribution in [-0.2, 0) is 9.53 Å². The lowest BCUT2D eigenvalue weighted by Crippen LogP contribution is -2.14. The first-order chi connectivity index (χ1) is 13.1. The smallest absolute Gasteiger partial charge is 0.338 e. The zero-order chi connectivity index (χ0) is 19.2. The number of carbonyl (C=O) groups is 2. The van der Waals surface area contributed by atoms with Crippen LogP contribution in [0.15, 0.2) is 53.6 Å². The highest BCUT2D eigenvalue weighted by Gasteiger charge is 2.10. The molecule has 0 saturated carbocycles. The summed E-state index contributed by atoms with van der Waals surface area (Å²) >= 11 is 1.34. The highest BCUT2D eigenvalue weighted by molar-refractivity contribution is 8.00. The second-order valence-electron chi connectivity index (χ2n) is 5.74. The fourth-order valence-corrected chi connectivity index (χ4v) is 3.20. The van der Waals surface area contributed by atoms with Gasteiger partial charge in [0.15, 0.2) is 0 Å².